The Morgan fingerprint density at radius 3 is 2.74 bits per heavy atom. The Morgan fingerprint density at radius 2 is 2.00 bits per heavy atom. The van der Waals surface area contributed by atoms with Crippen LogP contribution in [0.1, 0.15) is 24.5 Å². The van der Waals surface area contributed by atoms with Crippen LogP contribution in [0, 0.1) is 0 Å². The van der Waals surface area contributed by atoms with Crippen LogP contribution in [0.4, 0.5) is 5.69 Å². The third-order valence-corrected chi connectivity index (χ3v) is 4.33. The van der Waals surface area contributed by atoms with Gasteiger partial charge in [-0.3, -0.25) is 4.79 Å². The van der Waals surface area contributed by atoms with Crippen molar-refractivity contribution in [3.05, 3.63) is 59.7 Å². The molecule has 0 saturated heterocycles. The van der Waals surface area contributed by atoms with Crippen molar-refractivity contribution in [1.82, 2.24) is 0 Å². The summed E-state index contributed by atoms with van der Waals surface area (Å²) >= 11 is 0. The lowest BCUT2D eigenvalue weighted by Gasteiger charge is -2.26. The molecular weight excluding hydrogens is 290 g/mol. The number of hydrogen-bond acceptors (Lipinski definition) is 3. The van der Waals surface area contributed by atoms with Crippen molar-refractivity contribution < 1.29 is 14.6 Å². The van der Waals surface area contributed by atoms with E-state index in [1.54, 1.807) is 18.9 Å². The fourth-order valence-corrected chi connectivity index (χ4v) is 2.84. The van der Waals surface area contributed by atoms with Crippen LogP contribution in [0.25, 0.3) is 0 Å². The normalized spacial score (nSPS) is 15.4. The molecule has 0 bridgehead atoms. The summed E-state index contributed by atoms with van der Waals surface area (Å²) in [7, 11) is 1.74. The molecule has 4 nitrogen and oxygen atoms in total. The maximum absolute atomic E-state index is 12.6. The zero-order chi connectivity index (χ0) is 16.4. The predicted octanol–water partition coefficient (Wildman–Crippen LogP) is 2.88. The maximum Gasteiger partial charge on any atom is 0.229 e. The van der Waals surface area contributed by atoms with E-state index in [0.29, 0.717) is 6.61 Å². The van der Waals surface area contributed by atoms with Gasteiger partial charge in [0, 0.05) is 19.2 Å². The number of carbonyl (C=O) groups is 1. The van der Waals surface area contributed by atoms with Crippen LogP contribution >= 0.6 is 0 Å². The van der Waals surface area contributed by atoms with Crippen molar-refractivity contribution in [1.29, 1.82) is 0 Å². The van der Waals surface area contributed by atoms with E-state index in [-0.39, 0.29) is 12.3 Å². The highest BCUT2D eigenvalue weighted by Crippen LogP contribution is 2.31. The Labute approximate surface area is 136 Å². The molecule has 4 heteroatoms. The summed E-state index contributed by atoms with van der Waals surface area (Å²) in [5, 5.41) is 10.6. The van der Waals surface area contributed by atoms with E-state index in [9.17, 15) is 9.90 Å². The number of hydrogen-bond donors (Lipinski definition) is 1. The zero-order valence-corrected chi connectivity index (χ0v) is 13.5. The average molecular weight is 311 g/mol. The van der Waals surface area contributed by atoms with Gasteiger partial charge in [-0.05, 0) is 36.2 Å². The van der Waals surface area contributed by atoms with E-state index in [2.05, 4.69) is 0 Å². The topological polar surface area (TPSA) is 49.8 Å². The molecule has 0 spiro atoms. The number of amides is 1. The molecule has 1 aliphatic rings. The summed E-state index contributed by atoms with van der Waals surface area (Å²) in [6, 6.07) is 15.0. The molecule has 1 aliphatic heterocycles. The van der Waals surface area contributed by atoms with Gasteiger partial charge in [-0.1, -0.05) is 30.3 Å². The molecule has 1 N–H and O–H groups in total. The van der Waals surface area contributed by atoms with Crippen molar-refractivity contribution in [2.75, 3.05) is 18.6 Å². The molecule has 0 aliphatic carbocycles. The van der Waals surface area contributed by atoms with E-state index < -0.39 is 5.60 Å². The van der Waals surface area contributed by atoms with Crippen molar-refractivity contribution in [3.8, 4) is 5.75 Å². The van der Waals surface area contributed by atoms with Crippen molar-refractivity contribution in [2.45, 2.75) is 25.4 Å². The molecule has 2 aromatic rings. The van der Waals surface area contributed by atoms with Crippen LogP contribution in [0.2, 0.25) is 0 Å². The summed E-state index contributed by atoms with van der Waals surface area (Å²) in [4.78, 5) is 14.2. The van der Waals surface area contributed by atoms with Crippen LogP contribution < -0.4 is 9.64 Å². The quantitative estimate of drug-likeness (QED) is 0.944. The summed E-state index contributed by atoms with van der Waals surface area (Å²) in [6.07, 6.45) is 0.897. The number of benzene rings is 2. The van der Waals surface area contributed by atoms with Gasteiger partial charge >= 0.3 is 0 Å². The van der Waals surface area contributed by atoms with Crippen LogP contribution in [0.15, 0.2) is 48.5 Å². The van der Waals surface area contributed by atoms with Gasteiger partial charge < -0.3 is 14.7 Å². The highest BCUT2D eigenvalue weighted by molar-refractivity contribution is 5.93. The zero-order valence-electron chi connectivity index (χ0n) is 13.5. The first-order valence-electron chi connectivity index (χ1n) is 7.77. The molecule has 0 saturated carbocycles. The van der Waals surface area contributed by atoms with Gasteiger partial charge in [0.05, 0.1) is 18.6 Å². The lowest BCUT2D eigenvalue weighted by molar-refractivity contribution is -0.123. The van der Waals surface area contributed by atoms with Gasteiger partial charge in [0.2, 0.25) is 5.91 Å². The van der Waals surface area contributed by atoms with Gasteiger partial charge in [0.1, 0.15) is 5.75 Å². The van der Waals surface area contributed by atoms with Gasteiger partial charge in [-0.25, -0.2) is 0 Å². The second kappa shape index (κ2) is 6.05. The first-order chi connectivity index (χ1) is 11.0. The number of rotatable bonds is 4. The van der Waals surface area contributed by atoms with Crippen LogP contribution in [-0.4, -0.2) is 24.7 Å². The number of carbonyl (C=O) groups excluding carboxylic acids is 1. The second-order valence-corrected chi connectivity index (χ2v) is 6.16. The molecule has 0 fully saturated rings. The predicted molar refractivity (Wildman–Crippen MR) is 89.7 cm³/mol. The summed E-state index contributed by atoms with van der Waals surface area (Å²) in [5.41, 5.74) is 1.50. The first kappa shape index (κ1) is 15.6. The number of aliphatic hydroxyl groups is 1. The van der Waals surface area contributed by atoms with E-state index in [0.717, 1.165) is 29.0 Å². The minimum Gasteiger partial charge on any atom is -0.493 e. The molecule has 1 amide bonds. The lowest BCUT2D eigenvalue weighted by Crippen LogP contribution is -2.34. The molecule has 0 unspecified atom stereocenters. The standard InChI is InChI=1S/C19H21NO3/c1-19(22,15-6-4-3-5-7-15)13-18(21)20(2)16-8-9-17-14(12-16)10-11-23-17/h3-9,12,22H,10-11,13H2,1-2H3/t19-/m0/s1. The molecule has 1 heterocycles. The fourth-order valence-electron chi connectivity index (χ4n) is 2.84. The molecule has 23 heavy (non-hydrogen) atoms. The number of nitrogens with zero attached hydrogens (tertiary/aromatic N) is 1. The van der Waals surface area contributed by atoms with Crippen LogP contribution in [0.3, 0.4) is 0 Å². The third kappa shape index (κ3) is 3.22. The summed E-state index contributed by atoms with van der Waals surface area (Å²) < 4.78 is 5.49. The lowest BCUT2D eigenvalue weighted by atomic mass is 9.92. The molecular formula is C19H21NO3. The van der Waals surface area contributed by atoms with Gasteiger partial charge in [-0.15, -0.1) is 0 Å². The maximum atomic E-state index is 12.6. The average Bonchev–Trinajstić information content (AvgIpc) is 3.02. The minimum absolute atomic E-state index is 0.0289. The van der Waals surface area contributed by atoms with Crippen LogP contribution in [0.5, 0.6) is 5.75 Å². The van der Waals surface area contributed by atoms with Gasteiger partial charge in [0.15, 0.2) is 0 Å². The Hall–Kier alpha value is -2.33. The Balaban J connectivity index is 1.75. The summed E-state index contributed by atoms with van der Waals surface area (Å²) in [6.45, 7) is 2.36. The Bertz CT molecular complexity index is 710. The van der Waals surface area contributed by atoms with Gasteiger partial charge in [-0.2, -0.15) is 0 Å². The van der Waals surface area contributed by atoms with Gasteiger partial charge in [0.25, 0.3) is 0 Å². The number of ether oxygens (including phenoxy) is 1. The number of anilines is 1. The molecule has 1 atom stereocenters. The molecule has 2 aromatic carbocycles. The molecule has 0 aromatic heterocycles. The SMILES string of the molecule is CN(C(=O)C[C@](C)(O)c1ccccc1)c1ccc2c(c1)CCO2. The molecule has 120 valence electrons. The van der Waals surface area contributed by atoms with E-state index >= 15 is 0 Å². The van der Waals surface area contributed by atoms with Crippen molar-refractivity contribution in [2.24, 2.45) is 0 Å². The highest BCUT2D eigenvalue weighted by atomic mass is 16.5. The largest absolute Gasteiger partial charge is 0.493 e. The second-order valence-electron chi connectivity index (χ2n) is 6.16. The van der Waals surface area contributed by atoms with E-state index in [1.165, 1.54) is 0 Å². The molecule has 3 rings (SSSR count). The van der Waals surface area contributed by atoms with Crippen molar-refractivity contribution in [3.63, 3.8) is 0 Å². The Morgan fingerprint density at radius 1 is 1.26 bits per heavy atom. The first-order valence-corrected chi connectivity index (χ1v) is 7.77. The van der Waals surface area contributed by atoms with E-state index in [1.807, 2.05) is 48.5 Å². The van der Waals surface area contributed by atoms with E-state index in [4.69, 9.17) is 4.74 Å². The highest BCUT2D eigenvalue weighted by Gasteiger charge is 2.28. The van der Waals surface area contributed by atoms with Crippen molar-refractivity contribution >= 4 is 11.6 Å². The smallest absolute Gasteiger partial charge is 0.229 e. The fraction of sp³-hybridized carbons (Fsp3) is 0.316. The minimum atomic E-state index is -1.19. The van der Waals surface area contributed by atoms with Crippen LogP contribution in [-0.2, 0) is 16.8 Å². The molecule has 0 radical (unpaired) electrons. The number of fused-ring (bicyclic) bond motifs is 1. The summed E-state index contributed by atoms with van der Waals surface area (Å²) in [5.74, 6) is 0.767. The third-order valence-electron chi connectivity index (χ3n) is 4.33. The monoisotopic (exact) mass is 311 g/mol. The Kier molecular flexibility index (Phi) is 4.09.